The summed E-state index contributed by atoms with van der Waals surface area (Å²) in [5.41, 5.74) is -0.654. The Balaban J connectivity index is 0.00000204. The van der Waals surface area contributed by atoms with E-state index in [0.717, 1.165) is 0 Å². The number of benzene rings is 1. The number of halogens is 1. The zero-order chi connectivity index (χ0) is 23.9. The average Bonchev–Trinajstić information content (AvgIpc) is 2.68. The van der Waals surface area contributed by atoms with Gasteiger partial charge in [0, 0.05) is 17.4 Å². The molecule has 5 atom stereocenters. The number of rotatable bonds is 2. The predicted molar refractivity (Wildman–Crippen MR) is 125 cm³/mol. The number of hydrogen-bond donors (Lipinski definition) is 7. The number of Topliss-reactive ketones (excluding diaryl/α,β-unsaturated/α-hetero) is 2. The number of phenols is 1. The Labute approximate surface area is 205 Å². The maximum absolute atomic E-state index is 13.3. The van der Waals surface area contributed by atoms with E-state index in [1.807, 2.05) is 0 Å². The summed E-state index contributed by atoms with van der Waals surface area (Å²) < 4.78 is 0. The standard InChI is InChI=1S/C22H24N2O8.BrH.H3N/c1-21(31)8-5-4-6-11(25)12(8)16(26)13-9(21)7-10-15(24(2)3)17(27)14(20(23)30)19(29)22(10,32)18(13)28;;/h4-6,9-10,15,25,27-28,31-32H,7H2,1-3H3,(H2,23,30);1H;1H3/t9-,10-,15-,21+,22-;;/m0../s1. The van der Waals surface area contributed by atoms with Gasteiger partial charge in [-0.2, -0.15) is 0 Å². The third-order valence-corrected chi connectivity index (χ3v) is 7.02. The van der Waals surface area contributed by atoms with Crippen LogP contribution < -0.4 is 11.9 Å². The molecule has 3 aliphatic carbocycles. The van der Waals surface area contributed by atoms with Crippen LogP contribution in [0.1, 0.15) is 29.3 Å². The summed E-state index contributed by atoms with van der Waals surface area (Å²) in [6, 6.07) is 3.05. The van der Waals surface area contributed by atoms with Gasteiger partial charge in [-0.25, -0.2) is 0 Å². The number of likely N-dealkylation sites (N-methyl/N-ethyl adjacent to an activating group) is 1. The molecule has 0 bridgehead atoms. The third kappa shape index (κ3) is 3.21. The van der Waals surface area contributed by atoms with E-state index in [9.17, 15) is 39.9 Å². The van der Waals surface area contributed by atoms with E-state index in [1.54, 1.807) is 0 Å². The zero-order valence-electron chi connectivity index (χ0n) is 18.8. The number of aliphatic hydroxyl groups excluding tert-OH is 2. The normalized spacial score (nSPS) is 32.4. The van der Waals surface area contributed by atoms with Crippen molar-refractivity contribution in [2.45, 2.75) is 30.6 Å². The summed E-state index contributed by atoms with van der Waals surface area (Å²) in [5.74, 6) is -7.89. The highest BCUT2D eigenvalue weighted by Gasteiger charge is 2.65. The minimum absolute atomic E-state index is 0. The molecule has 12 heteroatoms. The number of carbonyl (C=O) groups excluding carboxylic acids is 3. The molecule has 1 aromatic rings. The van der Waals surface area contributed by atoms with Gasteiger partial charge in [0.15, 0.2) is 11.4 Å². The fraction of sp³-hybridized carbons (Fsp3) is 0.409. The first kappa shape index (κ1) is 27.5. The van der Waals surface area contributed by atoms with Crippen LogP contribution in [0.25, 0.3) is 0 Å². The van der Waals surface area contributed by atoms with Crippen LogP contribution in [0.15, 0.2) is 40.9 Å². The van der Waals surface area contributed by atoms with E-state index in [1.165, 1.54) is 44.1 Å². The highest BCUT2D eigenvalue weighted by molar-refractivity contribution is 8.93. The van der Waals surface area contributed by atoms with Crippen molar-refractivity contribution in [2.24, 2.45) is 17.6 Å². The van der Waals surface area contributed by atoms with Gasteiger partial charge in [-0.3, -0.25) is 19.3 Å². The van der Waals surface area contributed by atoms with Crippen LogP contribution in [0.5, 0.6) is 5.75 Å². The number of amides is 1. The number of aliphatic hydroxyl groups is 4. The van der Waals surface area contributed by atoms with Crippen molar-refractivity contribution in [1.29, 1.82) is 0 Å². The van der Waals surface area contributed by atoms with Crippen molar-refractivity contribution in [3.05, 3.63) is 52.0 Å². The minimum Gasteiger partial charge on any atom is -0.510 e. The highest BCUT2D eigenvalue weighted by Crippen LogP contribution is 2.56. The molecule has 186 valence electrons. The van der Waals surface area contributed by atoms with Gasteiger partial charge in [-0.15, -0.1) is 17.0 Å². The van der Waals surface area contributed by atoms with E-state index in [2.05, 4.69) is 0 Å². The van der Waals surface area contributed by atoms with Crippen LogP contribution in [-0.2, 0) is 15.2 Å². The summed E-state index contributed by atoms with van der Waals surface area (Å²) >= 11 is 0. The Hall–Kier alpha value is -2.77. The second-order valence-electron chi connectivity index (χ2n) is 8.96. The SMILES string of the molecule is Br.CN(C)[C@@H]1C(O)=C(C(N)=O)C(=O)[C@@]2(O)C(O)=C3C(=O)c4c(O)cccc4[C@@](C)(O)[C@H]3C[C@@H]12.N. The monoisotopic (exact) mass is 541 g/mol. The van der Waals surface area contributed by atoms with Gasteiger partial charge in [-0.05, 0) is 39.1 Å². The lowest BCUT2D eigenvalue weighted by atomic mass is 9.55. The van der Waals surface area contributed by atoms with E-state index < -0.39 is 75.0 Å². The molecule has 10 N–H and O–H groups in total. The molecular formula is C22H28BrN3O8. The smallest absolute Gasteiger partial charge is 0.255 e. The van der Waals surface area contributed by atoms with Crippen LogP contribution in [0.4, 0.5) is 0 Å². The molecule has 0 heterocycles. The van der Waals surface area contributed by atoms with E-state index in [0.29, 0.717) is 0 Å². The van der Waals surface area contributed by atoms with Crippen molar-refractivity contribution in [3.8, 4) is 5.75 Å². The molecule has 0 aliphatic heterocycles. The first-order valence-electron chi connectivity index (χ1n) is 9.97. The Bertz CT molecular complexity index is 1160. The molecule has 4 rings (SSSR count). The second kappa shape index (κ2) is 8.47. The van der Waals surface area contributed by atoms with E-state index in [-0.39, 0.29) is 40.7 Å². The molecular weight excluding hydrogens is 514 g/mol. The van der Waals surface area contributed by atoms with Crippen molar-refractivity contribution < 1.29 is 39.9 Å². The number of carbonyl (C=O) groups is 3. The predicted octanol–water partition coefficient (Wildman–Crippen LogP) is 0.526. The molecule has 3 aliphatic rings. The topological polar surface area (TPSA) is 217 Å². The molecule has 0 saturated carbocycles. The number of aromatic hydroxyl groups is 1. The van der Waals surface area contributed by atoms with Crippen molar-refractivity contribution in [1.82, 2.24) is 11.1 Å². The molecule has 0 spiro atoms. The molecule has 11 nitrogen and oxygen atoms in total. The van der Waals surface area contributed by atoms with Gasteiger partial charge in [0.2, 0.25) is 5.78 Å². The molecule has 0 aromatic heterocycles. The summed E-state index contributed by atoms with van der Waals surface area (Å²) in [4.78, 5) is 39.9. The quantitative estimate of drug-likeness (QED) is 0.257. The maximum Gasteiger partial charge on any atom is 0.255 e. The Kier molecular flexibility index (Phi) is 6.84. The molecule has 1 aromatic carbocycles. The van der Waals surface area contributed by atoms with Crippen molar-refractivity contribution >= 4 is 34.5 Å². The van der Waals surface area contributed by atoms with Crippen molar-refractivity contribution in [3.63, 3.8) is 0 Å². The number of primary amides is 1. The molecule has 0 fully saturated rings. The Morgan fingerprint density at radius 3 is 2.26 bits per heavy atom. The maximum atomic E-state index is 13.3. The first-order valence-corrected chi connectivity index (χ1v) is 9.97. The summed E-state index contributed by atoms with van der Waals surface area (Å²) in [6.45, 7) is 1.40. The lowest BCUT2D eigenvalue weighted by molar-refractivity contribution is -0.151. The highest BCUT2D eigenvalue weighted by atomic mass is 79.9. The Morgan fingerprint density at radius 1 is 1.15 bits per heavy atom. The van der Waals surface area contributed by atoms with Crippen LogP contribution in [0.2, 0.25) is 0 Å². The molecule has 0 unspecified atom stereocenters. The number of ketones is 2. The van der Waals surface area contributed by atoms with Crippen LogP contribution >= 0.6 is 17.0 Å². The number of phenolic OH excluding ortho intramolecular Hbond substituents is 1. The van der Waals surface area contributed by atoms with E-state index in [4.69, 9.17) is 5.73 Å². The fourth-order valence-electron chi connectivity index (χ4n) is 5.51. The lowest BCUT2D eigenvalue weighted by Crippen LogP contribution is -2.65. The van der Waals surface area contributed by atoms with Gasteiger partial charge in [-0.1, -0.05) is 12.1 Å². The third-order valence-electron chi connectivity index (χ3n) is 7.02. The van der Waals surface area contributed by atoms with Crippen LogP contribution in [0, 0.1) is 11.8 Å². The van der Waals surface area contributed by atoms with Gasteiger partial charge in [0.05, 0.1) is 17.2 Å². The minimum atomic E-state index is -2.75. The number of fused-ring (bicyclic) bond motifs is 3. The van der Waals surface area contributed by atoms with Gasteiger partial charge in [0.1, 0.15) is 22.8 Å². The number of nitrogens with two attached hydrogens (primary N) is 1. The summed E-state index contributed by atoms with van der Waals surface area (Å²) in [7, 11) is 3.06. The lowest BCUT2D eigenvalue weighted by Gasteiger charge is -2.52. The van der Waals surface area contributed by atoms with Crippen LogP contribution in [0.3, 0.4) is 0 Å². The second-order valence-corrected chi connectivity index (χ2v) is 8.96. The average molecular weight is 542 g/mol. The largest absolute Gasteiger partial charge is 0.510 e. The zero-order valence-corrected chi connectivity index (χ0v) is 20.5. The van der Waals surface area contributed by atoms with Crippen molar-refractivity contribution in [2.75, 3.05) is 14.1 Å². The summed E-state index contributed by atoms with van der Waals surface area (Å²) in [6.07, 6.45) is -0.200. The molecule has 34 heavy (non-hydrogen) atoms. The summed E-state index contributed by atoms with van der Waals surface area (Å²) in [5, 5.41) is 55.0. The van der Waals surface area contributed by atoms with Crippen LogP contribution in [-0.4, -0.2) is 73.6 Å². The fourth-order valence-corrected chi connectivity index (χ4v) is 5.51. The molecule has 1 amide bonds. The Morgan fingerprint density at radius 2 is 1.74 bits per heavy atom. The van der Waals surface area contributed by atoms with Gasteiger partial charge >= 0.3 is 0 Å². The van der Waals surface area contributed by atoms with Gasteiger partial charge < -0.3 is 37.4 Å². The number of nitrogens with zero attached hydrogens (tertiary/aromatic N) is 1. The van der Waals surface area contributed by atoms with E-state index >= 15 is 0 Å². The molecule has 0 saturated heterocycles. The number of hydrogen-bond acceptors (Lipinski definition) is 10. The van der Waals surface area contributed by atoms with Gasteiger partial charge in [0.25, 0.3) is 5.91 Å². The molecule has 0 radical (unpaired) electrons. The first-order chi connectivity index (χ1) is 14.8.